The predicted octanol–water partition coefficient (Wildman–Crippen LogP) is 3.28. The molecular weight excluding hydrogens is 291 g/mol. The van der Waals surface area contributed by atoms with E-state index >= 15 is 0 Å². The van der Waals surface area contributed by atoms with Crippen LogP contribution in [0.15, 0.2) is 59.9 Å². The second-order valence-electron chi connectivity index (χ2n) is 4.73. The molecule has 5 heteroatoms. The molecule has 4 nitrogen and oxygen atoms in total. The van der Waals surface area contributed by atoms with E-state index in [1.54, 1.807) is 18.4 Å². The van der Waals surface area contributed by atoms with Crippen LogP contribution in [0.3, 0.4) is 0 Å². The summed E-state index contributed by atoms with van der Waals surface area (Å²) in [5.41, 5.74) is 8.21. The number of nitrogens with zero attached hydrogens (tertiary/aromatic N) is 2. The average Bonchev–Trinajstić information content (AvgIpc) is 2.96. The molecule has 23 heavy (non-hydrogen) atoms. The van der Waals surface area contributed by atoms with Crippen molar-refractivity contribution in [1.29, 1.82) is 0 Å². The van der Waals surface area contributed by atoms with Crippen LogP contribution >= 0.6 is 0 Å². The van der Waals surface area contributed by atoms with Crippen LogP contribution in [-0.4, -0.2) is 16.2 Å². The van der Waals surface area contributed by atoms with Crippen molar-refractivity contribution in [2.24, 2.45) is 10.7 Å². The molecule has 0 unspecified atom stereocenters. The largest absolute Gasteiger partial charge is 0.405 e. The number of hydrogen-bond donors (Lipinski definition) is 2. The number of H-pyrrole nitrogens is 1. The number of rotatable bonds is 2. The Kier molecular flexibility index (Phi) is 4.16. The highest BCUT2D eigenvalue weighted by atomic mass is 19.1. The van der Waals surface area contributed by atoms with Crippen molar-refractivity contribution in [2.45, 2.75) is 0 Å². The van der Waals surface area contributed by atoms with E-state index in [1.165, 1.54) is 18.5 Å². The first-order valence-corrected chi connectivity index (χ1v) is 6.92. The molecule has 3 rings (SSSR count). The summed E-state index contributed by atoms with van der Waals surface area (Å²) in [4.78, 5) is 11.2. The molecule has 3 N–H and O–H groups in total. The number of nitrogens with two attached hydrogens (primary N) is 1. The number of aromatic nitrogens is 2. The Morgan fingerprint density at radius 1 is 1.17 bits per heavy atom. The number of fused-ring (bicyclic) bond motifs is 1. The van der Waals surface area contributed by atoms with Crippen molar-refractivity contribution in [3.63, 3.8) is 0 Å². The highest BCUT2D eigenvalue weighted by molar-refractivity contribution is 5.77. The van der Waals surface area contributed by atoms with Crippen molar-refractivity contribution >= 4 is 22.9 Å². The van der Waals surface area contributed by atoms with E-state index in [4.69, 9.17) is 5.73 Å². The van der Waals surface area contributed by atoms with Crippen LogP contribution in [0.1, 0.15) is 11.3 Å². The van der Waals surface area contributed by atoms with E-state index in [0.29, 0.717) is 16.7 Å². The maximum atomic E-state index is 13.1. The molecule has 1 aromatic carbocycles. The number of pyridine rings is 1. The van der Waals surface area contributed by atoms with Gasteiger partial charge in [-0.25, -0.2) is 9.37 Å². The molecule has 0 fully saturated rings. The maximum absolute atomic E-state index is 13.1. The van der Waals surface area contributed by atoms with Gasteiger partial charge in [-0.3, -0.25) is 4.99 Å². The van der Waals surface area contributed by atoms with E-state index in [1.807, 2.05) is 24.3 Å². The number of benzene rings is 1. The van der Waals surface area contributed by atoms with Crippen LogP contribution in [0.5, 0.6) is 0 Å². The van der Waals surface area contributed by atoms with Crippen molar-refractivity contribution in [1.82, 2.24) is 9.97 Å². The number of nitrogens with one attached hydrogen (secondary N) is 1. The minimum absolute atomic E-state index is 0.364. The zero-order chi connectivity index (χ0) is 16.1. The molecule has 0 amide bonds. The third-order valence-corrected chi connectivity index (χ3v) is 3.07. The van der Waals surface area contributed by atoms with E-state index in [-0.39, 0.29) is 5.82 Å². The predicted molar refractivity (Wildman–Crippen MR) is 90.0 cm³/mol. The van der Waals surface area contributed by atoms with Crippen LogP contribution < -0.4 is 5.73 Å². The van der Waals surface area contributed by atoms with Gasteiger partial charge in [0.25, 0.3) is 0 Å². The normalized spacial score (nSPS) is 11.2. The lowest BCUT2D eigenvalue weighted by Crippen LogP contribution is -1.79. The van der Waals surface area contributed by atoms with Crippen LogP contribution in [0, 0.1) is 17.7 Å². The minimum atomic E-state index is -0.364. The molecule has 2 heterocycles. The molecule has 0 bridgehead atoms. The Morgan fingerprint density at radius 2 is 2.00 bits per heavy atom. The quantitative estimate of drug-likeness (QED) is 0.563. The fourth-order valence-corrected chi connectivity index (χ4v) is 2.01. The van der Waals surface area contributed by atoms with Gasteiger partial charge >= 0.3 is 0 Å². The van der Waals surface area contributed by atoms with Gasteiger partial charge in [0.1, 0.15) is 11.5 Å². The molecule has 2 aromatic heterocycles. The van der Waals surface area contributed by atoms with E-state index in [9.17, 15) is 4.39 Å². The van der Waals surface area contributed by atoms with Gasteiger partial charge in [-0.15, -0.1) is 0 Å². The van der Waals surface area contributed by atoms with Gasteiger partial charge < -0.3 is 10.7 Å². The summed E-state index contributed by atoms with van der Waals surface area (Å²) in [5.74, 6) is 5.69. The van der Waals surface area contributed by atoms with Gasteiger partial charge in [0.15, 0.2) is 0 Å². The molecule has 0 saturated heterocycles. The molecule has 0 spiro atoms. The highest BCUT2D eigenvalue weighted by Gasteiger charge is 2.01. The van der Waals surface area contributed by atoms with Crippen LogP contribution in [0.2, 0.25) is 0 Å². The fraction of sp³-hybridized carbons (Fsp3) is 0. The first-order chi connectivity index (χ1) is 11.2. The Hall–Kier alpha value is -3.39. The fourth-order valence-electron chi connectivity index (χ4n) is 2.01. The van der Waals surface area contributed by atoms with Crippen molar-refractivity contribution in [2.75, 3.05) is 0 Å². The summed E-state index contributed by atoms with van der Waals surface area (Å²) in [6, 6.07) is 10.7. The molecule has 112 valence electrons. The summed E-state index contributed by atoms with van der Waals surface area (Å²) in [6.45, 7) is 0. The monoisotopic (exact) mass is 304 g/mol. The van der Waals surface area contributed by atoms with E-state index in [0.717, 1.165) is 11.3 Å². The van der Waals surface area contributed by atoms with Crippen molar-refractivity contribution in [3.05, 3.63) is 71.9 Å². The second-order valence-corrected chi connectivity index (χ2v) is 4.73. The van der Waals surface area contributed by atoms with Gasteiger partial charge in [0, 0.05) is 17.2 Å². The van der Waals surface area contributed by atoms with Gasteiger partial charge in [0.05, 0.1) is 17.6 Å². The molecule has 0 saturated carbocycles. The third-order valence-electron chi connectivity index (χ3n) is 3.07. The molecule has 3 aromatic rings. The summed E-state index contributed by atoms with van der Waals surface area (Å²) in [5, 5.41) is 0.701. The van der Waals surface area contributed by atoms with Gasteiger partial charge in [-0.05, 0) is 54.6 Å². The summed E-state index contributed by atoms with van der Waals surface area (Å²) < 4.78 is 13.1. The maximum Gasteiger partial charge on any atom is 0.142 e. The highest BCUT2D eigenvalue weighted by Crippen LogP contribution is 2.14. The third kappa shape index (κ3) is 3.63. The van der Waals surface area contributed by atoms with Crippen molar-refractivity contribution in [3.8, 4) is 11.8 Å². The minimum Gasteiger partial charge on any atom is -0.405 e. The van der Waals surface area contributed by atoms with Gasteiger partial charge in [-0.2, -0.15) is 0 Å². The smallest absolute Gasteiger partial charge is 0.142 e. The average molecular weight is 304 g/mol. The standard InChI is InChI=1S/C18H13FN4/c19-15-10-14-11-17(23-18(14)22-12-15)7-4-13-2-5-16(6-3-13)21-9-1-8-20/h1-3,5-6,8-12H,20H2,(H,22,23). The second kappa shape index (κ2) is 6.58. The first kappa shape index (κ1) is 14.5. The zero-order valence-electron chi connectivity index (χ0n) is 12.1. The van der Waals surface area contributed by atoms with Crippen LogP contribution in [0.4, 0.5) is 10.1 Å². The van der Waals surface area contributed by atoms with Crippen molar-refractivity contribution < 1.29 is 4.39 Å². The summed E-state index contributed by atoms with van der Waals surface area (Å²) in [7, 11) is 0. The van der Waals surface area contributed by atoms with Gasteiger partial charge in [0.2, 0.25) is 0 Å². The Labute approximate surface area is 132 Å². The first-order valence-electron chi connectivity index (χ1n) is 6.92. The lowest BCUT2D eigenvalue weighted by molar-refractivity contribution is 0.624. The molecular formula is C18H13FN4. The molecule has 0 atom stereocenters. The molecule has 0 aliphatic heterocycles. The number of aromatic amines is 1. The summed E-state index contributed by atoms with van der Waals surface area (Å²) in [6.07, 6.45) is 5.87. The van der Waals surface area contributed by atoms with E-state index < -0.39 is 0 Å². The molecule has 0 aliphatic rings. The lowest BCUT2D eigenvalue weighted by Gasteiger charge is -1.92. The van der Waals surface area contributed by atoms with E-state index in [2.05, 4.69) is 26.8 Å². The summed E-state index contributed by atoms with van der Waals surface area (Å²) >= 11 is 0. The Balaban J connectivity index is 1.79. The number of hydrogen-bond acceptors (Lipinski definition) is 3. The van der Waals surface area contributed by atoms with Gasteiger partial charge in [-0.1, -0.05) is 5.92 Å². The zero-order valence-corrected chi connectivity index (χ0v) is 12.1. The molecule has 0 radical (unpaired) electrons. The topological polar surface area (TPSA) is 67.1 Å². The van der Waals surface area contributed by atoms with Crippen LogP contribution in [0.25, 0.3) is 11.0 Å². The molecule has 0 aliphatic carbocycles. The number of aliphatic imine (C=N–C) groups is 1. The van der Waals surface area contributed by atoms with Crippen LogP contribution in [-0.2, 0) is 0 Å². The Bertz CT molecular complexity index is 941. The Morgan fingerprint density at radius 3 is 2.78 bits per heavy atom. The SMILES string of the molecule is NC=CC=Nc1ccc(C#Cc2cc3cc(F)cnc3[nH]2)cc1. The number of allylic oxidation sites excluding steroid dienone is 1. The number of halogens is 1. The lowest BCUT2D eigenvalue weighted by atomic mass is 10.2.